The number of aromatic nitrogens is 1. The van der Waals surface area contributed by atoms with Crippen LogP contribution in [0.5, 0.6) is 0 Å². The molecule has 94 valence electrons. The van der Waals surface area contributed by atoms with Crippen molar-refractivity contribution in [1.29, 1.82) is 0 Å². The summed E-state index contributed by atoms with van der Waals surface area (Å²) in [6.45, 7) is 1.94. The Balaban J connectivity index is 2.38. The van der Waals surface area contributed by atoms with E-state index in [0.717, 1.165) is 11.4 Å². The lowest BCUT2D eigenvalue weighted by molar-refractivity contribution is -0.121. The normalized spacial score (nSPS) is 10.3. The third-order valence-electron chi connectivity index (χ3n) is 2.33. The Kier molecular flexibility index (Phi) is 4.07. The van der Waals surface area contributed by atoms with E-state index < -0.39 is 0 Å². The monoisotopic (exact) mass is 262 g/mol. The van der Waals surface area contributed by atoms with E-state index in [2.05, 4.69) is 4.98 Å². The lowest BCUT2D eigenvalue weighted by Crippen LogP contribution is -2.29. The molecule has 1 aromatic carbocycles. The smallest absolute Gasteiger partial charge is 0.259 e. The fraction of sp³-hybridized carbons (Fsp3) is 0.231. The summed E-state index contributed by atoms with van der Waals surface area (Å²) in [5.41, 5.74) is 1.70. The second-order valence-corrected chi connectivity index (χ2v) is 4.61. The van der Waals surface area contributed by atoms with Crippen molar-refractivity contribution in [3.63, 3.8) is 0 Å². The molecule has 0 unspecified atom stereocenters. The summed E-state index contributed by atoms with van der Waals surface area (Å²) in [6, 6.07) is 9.45. The predicted octanol–water partition coefficient (Wildman–Crippen LogP) is 2.76. The number of anilines is 2. The van der Waals surface area contributed by atoms with E-state index in [1.54, 1.807) is 4.90 Å². The number of nitrogens with zero attached hydrogens (tertiary/aromatic N) is 2. The molecule has 0 saturated heterocycles. The number of hydrogen-bond donors (Lipinski definition) is 0. The van der Waals surface area contributed by atoms with Gasteiger partial charge in [-0.15, -0.1) is 11.3 Å². The number of para-hydroxylation sites is 1. The first-order valence-electron chi connectivity index (χ1n) is 5.51. The molecule has 0 saturated carbocycles. The first kappa shape index (κ1) is 12.7. The average molecular weight is 262 g/mol. The Bertz CT molecular complexity index is 525. The van der Waals surface area contributed by atoms with Crippen molar-refractivity contribution >= 4 is 28.1 Å². The molecule has 1 amide bonds. The molecule has 0 N–H and O–H groups in total. The Labute approximate surface area is 110 Å². The summed E-state index contributed by atoms with van der Waals surface area (Å²) < 4.78 is 4.92. The SMILES string of the molecule is COCC(=O)N(c1ccccc1)c1nc(C)cs1. The minimum absolute atomic E-state index is 0.0352. The molecule has 0 radical (unpaired) electrons. The Morgan fingerprint density at radius 2 is 2.11 bits per heavy atom. The molecule has 0 aliphatic rings. The molecular formula is C13H14N2O2S. The number of ether oxygens (including phenoxy) is 1. The Morgan fingerprint density at radius 3 is 2.67 bits per heavy atom. The number of hydrogen-bond acceptors (Lipinski definition) is 4. The van der Waals surface area contributed by atoms with Gasteiger partial charge in [-0.1, -0.05) is 18.2 Å². The summed E-state index contributed by atoms with van der Waals surface area (Å²) in [7, 11) is 1.51. The lowest BCUT2D eigenvalue weighted by atomic mass is 10.3. The minimum Gasteiger partial charge on any atom is -0.375 e. The van der Waals surface area contributed by atoms with Crippen LogP contribution in [0.15, 0.2) is 35.7 Å². The van der Waals surface area contributed by atoms with Gasteiger partial charge in [0.05, 0.1) is 11.4 Å². The van der Waals surface area contributed by atoms with Gasteiger partial charge in [0, 0.05) is 12.5 Å². The van der Waals surface area contributed by atoms with Crippen LogP contribution < -0.4 is 4.90 Å². The van der Waals surface area contributed by atoms with Gasteiger partial charge in [-0.05, 0) is 19.1 Å². The van der Waals surface area contributed by atoms with Crippen LogP contribution in [-0.4, -0.2) is 24.6 Å². The second kappa shape index (κ2) is 5.75. The highest BCUT2D eigenvalue weighted by Gasteiger charge is 2.20. The molecule has 4 nitrogen and oxygen atoms in total. The zero-order valence-electron chi connectivity index (χ0n) is 10.3. The summed E-state index contributed by atoms with van der Waals surface area (Å²) in [5.74, 6) is -0.127. The van der Waals surface area contributed by atoms with Gasteiger partial charge < -0.3 is 4.74 Å². The first-order valence-corrected chi connectivity index (χ1v) is 6.39. The third-order valence-corrected chi connectivity index (χ3v) is 3.27. The van der Waals surface area contributed by atoms with Crippen molar-refractivity contribution in [2.45, 2.75) is 6.92 Å². The summed E-state index contributed by atoms with van der Waals surface area (Å²) in [5, 5.41) is 2.59. The molecule has 0 aliphatic carbocycles. The van der Waals surface area contributed by atoms with E-state index >= 15 is 0 Å². The highest BCUT2D eigenvalue weighted by atomic mass is 32.1. The highest BCUT2D eigenvalue weighted by molar-refractivity contribution is 7.14. The number of amides is 1. The molecule has 2 aromatic rings. The number of rotatable bonds is 4. The topological polar surface area (TPSA) is 42.4 Å². The maximum atomic E-state index is 12.1. The molecular weight excluding hydrogens is 248 g/mol. The second-order valence-electron chi connectivity index (χ2n) is 3.77. The van der Waals surface area contributed by atoms with E-state index in [1.165, 1.54) is 18.4 Å². The zero-order chi connectivity index (χ0) is 13.0. The van der Waals surface area contributed by atoms with Gasteiger partial charge in [0.1, 0.15) is 6.61 Å². The standard InChI is InChI=1S/C13H14N2O2S/c1-10-9-18-13(14-10)15(12(16)8-17-2)11-6-4-3-5-7-11/h3-7,9H,8H2,1-2H3. The van der Waals surface area contributed by atoms with Gasteiger partial charge in [0.15, 0.2) is 5.13 Å². The molecule has 5 heteroatoms. The average Bonchev–Trinajstić information content (AvgIpc) is 2.78. The van der Waals surface area contributed by atoms with E-state index in [-0.39, 0.29) is 12.5 Å². The van der Waals surface area contributed by atoms with E-state index in [4.69, 9.17) is 4.74 Å². The Hall–Kier alpha value is -1.72. The number of carbonyl (C=O) groups excluding carboxylic acids is 1. The van der Waals surface area contributed by atoms with Crippen molar-refractivity contribution in [3.05, 3.63) is 41.4 Å². The van der Waals surface area contributed by atoms with Crippen molar-refractivity contribution < 1.29 is 9.53 Å². The highest BCUT2D eigenvalue weighted by Crippen LogP contribution is 2.28. The fourth-order valence-electron chi connectivity index (χ4n) is 1.57. The summed E-state index contributed by atoms with van der Waals surface area (Å²) in [4.78, 5) is 18.1. The third kappa shape index (κ3) is 2.75. The van der Waals surface area contributed by atoms with E-state index in [1.807, 2.05) is 42.6 Å². The number of methoxy groups -OCH3 is 1. The van der Waals surface area contributed by atoms with Crippen LogP contribution >= 0.6 is 11.3 Å². The van der Waals surface area contributed by atoms with Crippen molar-refractivity contribution in [1.82, 2.24) is 4.98 Å². The first-order chi connectivity index (χ1) is 8.72. The van der Waals surface area contributed by atoms with E-state index in [9.17, 15) is 4.79 Å². The van der Waals surface area contributed by atoms with Crippen LogP contribution in [-0.2, 0) is 9.53 Å². The largest absolute Gasteiger partial charge is 0.375 e. The molecule has 0 aliphatic heterocycles. The Morgan fingerprint density at radius 1 is 1.39 bits per heavy atom. The molecule has 0 atom stereocenters. The molecule has 18 heavy (non-hydrogen) atoms. The molecule has 1 aromatic heterocycles. The summed E-state index contributed by atoms with van der Waals surface area (Å²) in [6.07, 6.45) is 0. The quantitative estimate of drug-likeness (QED) is 0.851. The van der Waals surface area contributed by atoms with Gasteiger partial charge in [0.2, 0.25) is 0 Å². The molecule has 0 fully saturated rings. The fourth-order valence-corrected chi connectivity index (χ4v) is 2.41. The van der Waals surface area contributed by atoms with Crippen LogP contribution in [0.1, 0.15) is 5.69 Å². The number of carbonyl (C=O) groups is 1. The maximum Gasteiger partial charge on any atom is 0.259 e. The minimum atomic E-state index is -0.127. The van der Waals surface area contributed by atoms with Gasteiger partial charge in [-0.2, -0.15) is 0 Å². The predicted molar refractivity (Wildman–Crippen MR) is 72.3 cm³/mol. The van der Waals surface area contributed by atoms with Crippen LogP contribution in [0.4, 0.5) is 10.8 Å². The van der Waals surface area contributed by atoms with Gasteiger partial charge in [-0.25, -0.2) is 4.98 Å². The number of aryl methyl sites for hydroxylation is 1. The zero-order valence-corrected chi connectivity index (χ0v) is 11.1. The van der Waals surface area contributed by atoms with Gasteiger partial charge >= 0.3 is 0 Å². The van der Waals surface area contributed by atoms with Gasteiger partial charge in [0.25, 0.3) is 5.91 Å². The van der Waals surface area contributed by atoms with Crippen molar-refractivity contribution in [2.75, 3.05) is 18.6 Å². The van der Waals surface area contributed by atoms with Crippen LogP contribution in [0.2, 0.25) is 0 Å². The van der Waals surface area contributed by atoms with Gasteiger partial charge in [-0.3, -0.25) is 9.69 Å². The van der Waals surface area contributed by atoms with E-state index in [0.29, 0.717) is 5.13 Å². The van der Waals surface area contributed by atoms with Crippen LogP contribution in [0.25, 0.3) is 0 Å². The molecule has 1 heterocycles. The lowest BCUT2D eigenvalue weighted by Gasteiger charge is -2.19. The molecule has 2 rings (SSSR count). The van der Waals surface area contributed by atoms with Crippen molar-refractivity contribution in [2.24, 2.45) is 0 Å². The van der Waals surface area contributed by atoms with Crippen LogP contribution in [0, 0.1) is 6.92 Å². The van der Waals surface area contributed by atoms with Crippen molar-refractivity contribution in [3.8, 4) is 0 Å². The number of thiazole rings is 1. The molecule has 0 spiro atoms. The summed E-state index contributed by atoms with van der Waals surface area (Å²) >= 11 is 1.45. The number of benzene rings is 1. The maximum absolute atomic E-state index is 12.1. The van der Waals surface area contributed by atoms with Crippen LogP contribution in [0.3, 0.4) is 0 Å². The molecule has 0 bridgehead atoms.